The minimum Gasteiger partial charge on any atom is -0.481 e. The van der Waals surface area contributed by atoms with Crippen LogP contribution in [0.2, 0.25) is 5.15 Å². The molecule has 2 N–H and O–H groups in total. The third-order valence-electron chi connectivity index (χ3n) is 2.87. The lowest BCUT2D eigenvalue weighted by Gasteiger charge is -2.22. The number of methoxy groups -OCH3 is 1. The lowest BCUT2D eigenvalue weighted by Crippen LogP contribution is -2.34. The van der Waals surface area contributed by atoms with Gasteiger partial charge >= 0.3 is 0 Å². The maximum atomic E-state index is 11.8. The van der Waals surface area contributed by atoms with Gasteiger partial charge in [0.25, 0.3) is 5.91 Å². The van der Waals surface area contributed by atoms with Crippen molar-refractivity contribution in [1.82, 2.24) is 15.3 Å². The fourth-order valence-electron chi connectivity index (χ4n) is 1.87. The zero-order valence-electron chi connectivity index (χ0n) is 11.2. The molecule has 1 aliphatic heterocycles. The van der Waals surface area contributed by atoms with E-state index in [0.717, 1.165) is 25.9 Å². The molecule has 1 saturated heterocycles. The Morgan fingerprint density at radius 2 is 2.25 bits per heavy atom. The van der Waals surface area contributed by atoms with Crippen LogP contribution in [0.15, 0.2) is 6.07 Å². The van der Waals surface area contributed by atoms with Gasteiger partial charge in [0, 0.05) is 6.07 Å². The highest BCUT2D eigenvalue weighted by atomic mass is 35.5. The molecule has 1 aliphatic rings. The standard InChI is InChI=1S/C12H17ClN4O3/c1-19-11-6-9(13)15-12(17-11)16-10(18)7-20-8-2-4-14-5-3-8/h6,8,14H,2-5,7H2,1H3,(H,15,16,17,18). The topological polar surface area (TPSA) is 85.4 Å². The molecular weight excluding hydrogens is 284 g/mol. The fraction of sp³-hybridized carbons (Fsp3) is 0.583. The van der Waals surface area contributed by atoms with Crippen LogP contribution in [0.1, 0.15) is 12.8 Å². The molecular formula is C12H17ClN4O3. The summed E-state index contributed by atoms with van der Waals surface area (Å²) in [6, 6.07) is 1.46. The number of carbonyl (C=O) groups is 1. The van der Waals surface area contributed by atoms with Gasteiger partial charge in [0.05, 0.1) is 13.2 Å². The van der Waals surface area contributed by atoms with Crippen molar-refractivity contribution in [3.05, 3.63) is 11.2 Å². The summed E-state index contributed by atoms with van der Waals surface area (Å²) < 4.78 is 10.5. The molecule has 0 aliphatic carbocycles. The predicted octanol–water partition coefficient (Wildman–Crippen LogP) is 0.846. The van der Waals surface area contributed by atoms with E-state index >= 15 is 0 Å². The number of anilines is 1. The average molecular weight is 301 g/mol. The maximum absolute atomic E-state index is 11.8. The van der Waals surface area contributed by atoms with Crippen LogP contribution in [0.3, 0.4) is 0 Å². The van der Waals surface area contributed by atoms with Crippen LogP contribution >= 0.6 is 11.6 Å². The first-order valence-electron chi connectivity index (χ1n) is 6.38. The van der Waals surface area contributed by atoms with Crippen molar-refractivity contribution >= 4 is 23.5 Å². The summed E-state index contributed by atoms with van der Waals surface area (Å²) in [5.41, 5.74) is 0. The predicted molar refractivity (Wildman–Crippen MR) is 74.1 cm³/mol. The summed E-state index contributed by atoms with van der Waals surface area (Å²) in [5.74, 6) is 0.0840. The van der Waals surface area contributed by atoms with Gasteiger partial charge in [-0.15, -0.1) is 0 Å². The second-order valence-electron chi connectivity index (χ2n) is 4.37. The Labute approximate surface area is 122 Å². The normalized spacial score (nSPS) is 15.9. The summed E-state index contributed by atoms with van der Waals surface area (Å²) in [7, 11) is 1.46. The first-order valence-corrected chi connectivity index (χ1v) is 6.76. The molecule has 8 heteroatoms. The van der Waals surface area contributed by atoms with Gasteiger partial charge in [-0.25, -0.2) is 4.98 Å². The number of nitrogens with zero attached hydrogens (tertiary/aromatic N) is 2. The Bertz CT molecular complexity index is 466. The average Bonchev–Trinajstić information content (AvgIpc) is 2.45. The van der Waals surface area contributed by atoms with Crippen molar-refractivity contribution in [2.45, 2.75) is 18.9 Å². The number of ether oxygens (including phenoxy) is 2. The first kappa shape index (κ1) is 15.0. The molecule has 1 amide bonds. The second-order valence-corrected chi connectivity index (χ2v) is 4.75. The van der Waals surface area contributed by atoms with Crippen molar-refractivity contribution < 1.29 is 14.3 Å². The number of hydrogen-bond donors (Lipinski definition) is 2. The molecule has 2 rings (SSSR count). The molecule has 0 spiro atoms. The van der Waals surface area contributed by atoms with Crippen LogP contribution in [-0.2, 0) is 9.53 Å². The van der Waals surface area contributed by atoms with Crippen LogP contribution < -0.4 is 15.4 Å². The van der Waals surface area contributed by atoms with Crippen molar-refractivity contribution in [1.29, 1.82) is 0 Å². The van der Waals surface area contributed by atoms with E-state index in [9.17, 15) is 4.79 Å². The molecule has 0 saturated carbocycles. The summed E-state index contributed by atoms with van der Waals surface area (Å²) in [6.07, 6.45) is 1.95. The Balaban J connectivity index is 1.83. The Kier molecular flexibility index (Phi) is 5.51. The van der Waals surface area contributed by atoms with Crippen LogP contribution in [0.25, 0.3) is 0 Å². The summed E-state index contributed by atoms with van der Waals surface area (Å²) in [4.78, 5) is 19.6. The number of hydrogen-bond acceptors (Lipinski definition) is 6. The molecule has 0 aromatic carbocycles. The van der Waals surface area contributed by atoms with Crippen LogP contribution in [0.5, 0.6) is 5.88 Å². The Morgan fingerprint density at radius 3 is 2.95 bits per heavy atom. The van der Waals surface area contributed by atoms with Crippen molar-refractivity contribution in [2.75, 3.05) is 32.1 Å². The van der Waals surface area contributed by atoms with E-state index in [4.69, 9.17) is 21.1 Å². The summed E-state index contributed by atoms with van der Waals surface area (Å²) in [6.45, 7) is 1.81. The minimum absolute atomic E-state index is 0.0249. The minimum atomic E-state index is -0.312. The molecule has 7 nitrogen and oxygen atoms in total. The molecule has 0 atom stereocenters. The van der Waals surface area contributed by atoms with Gasteiger partial charge in [0.1, 0.15) is 11.8 Å². The number of rotatable bonds is 5. The molecule has 2 heterocycles. The third kappa shape index (κ3) is 4.59. The number of piperidine rings is 1. The molecule has 0 unspecified atom stereocenters. The van der Waals surface area contributed by atoms with Crippen molar-refractivity contribution in [2.24, 2.45) is 0 Å². The highest BCUT2D eigenvalue weighted by molar-refractivity contribution is 6.29. The van der Waals surface area contributed by atoms with Gasteiger partial charge < -0.3 is 14.8 Å². The number of amides is 1. The van der Waals surface area contributed by atoms with Gasteiger partial charge in [-0.05, 0) is 25.9 Å². The molecule has 1 aromatic heterocycles. The zero-order valence-corrected chi connectivity index (χ0v) is 11.9. The van der Waals surface area contributed by atoms with E-state index in [2.05, 4.69) is 20.6 Å². The lowest BCUT2D eigenvalue weighted by molar-refractivity contribution is -0.123. The number of aromatic nitrogens is 2. The van der Waals surface area contributed by atoms with E-state index in [-0.39, 0.29) is 29.7 Å². The van der Waals surface area contributed by atoms with Gasteiger partial charge in [-0.3, -0.25) is 10.1 Å². The number of nitrogens with one attached hydrogen (secondary N) is 2. The van der Waals surface area contributed by atoms with Crippen LogP contribution in [-0.4, -0.2) is 48.8 Å². The van der Waals surface area contributed by atoms with Gasteiger partial charge in [-0.1, -0.05) is 11.6 Å². The van der Waals surface area contributed by atoms with E-state index in [1.807, 2.05) is 0 Å². The maximum Gasteiger partial charge on any atom is 0.252 e. The molecule has 1 aromatic rings. The largest absolute Gasteiger partial charge is 0.481 e. The highest BCUT2D eigenvalue weighted by Crippen LogP contribution is 2.15. The van der Waals surface area contributed by atoms with Crippen LogP contribution in [0.4, 0.5) is 5.95 Å². The van der Waals surface area contributed by atoms with E-state index in [0.29, 0.717) is 5.88 Å². The number of carbonyl (C=O) groups excluding carboxylic acids is 1. The monoisotopic (exact) mass is 300 g/mol. The Morgan fingerprint density at radius 1 is 1.50 bits per heavy atom. The van der Waals surface area contributed by atoms with Crippen LogP contribution in [0, 0.1) is 0 Å². The smallest absolute Gasteiger partial charge is 0.252 e. The molecule has 110 valence electrons. The van der Waals surface area contributed by atoms with Gasteiger partial charge in [0.2, 0.25) is 11.8 Å². The highest BCUT2D eigenvalue weighted by Gasteiger charge is 2.15. The van der Waals surface area contributed by atoms with Crippen molar-refractivity contribution in [3.8, 4) is 5.88 Å². The molecule has 0 bridgehead atoms. The quantitative estimate of drug-likeness (QED) is 0.784. The van der Waals surface area contributed by atoms with E-state index in [1.54, 1.807) is 0 Å². The first-order chi connectivity index (χ1) is 9.67. The summed E-state index contributed by atoms with van der Waals surface area (Å²) >= 11 is 5.79. The third-order valence-corrected chi connectivity index (χ3v) is 3.06. The van der Waals surface area contributed by atoms with Gasteiger partial charge in [0.15, 0.2) is 0 Å². The summed E-state index contributed by atoms with van der Waals surface area (Å²) in [5, 5.41) is 5.96. The lowest BCUT2D eigenvalue weighted by atomic mass is 10.1. The SMILES string of the molecule is COc1cc(Cl)nc(NC(=O)COC2CCNCC2)n1. The van der Waals surface area contributed by atoms with Crippen molar-refractivity contribution in [3.63, 3.8) is 0 Å². The zero-order chi connectivity index (χ0) is 14.4. The van der Waals surface area contributed by atoms with E-state index in [1.165, 1.54) is 13.2 Å². The molecule has 0 radical (unpaired) electrons. The molecule has 1 fully saturated rings. The van der Waals surface area contributed by atoms with E-state index < -0.39 is 0 Å². The molecule has 20 heavy (non-hydrogen) atoms. The Hall–Kier alpha value is -1.44. The number of halogens is 1. The fourth-order valence-corrected chi connectivity index (χ4v) is 2.05. The van der Waals surface area contributed by atoms with Gasteiger partial charge in [-0.2, -0.15) is 4.98 Å². The second kappa shape index (κ2) is 7.37.